The number of carbonyl (C=O) groups is 1. The van der Waals surface area contributed by atoms with Crippen molar-refractivity contribution in [2.24, 2.45) is 11.3 Å². The Morgan fingerprint density at radius 3 is 2.75 bits per heavy atom. The maximum absolute atomic E-state index is 12.4. The first-order chi connectivity index (χ1) is 7.12. The summed E-state index contributed by atoms with van der Waals surface area (Å²) in [6, 6.07) is 0. The lowest BCUT2D eigenvalue weighted by Crippen LogP contribution is -2.49. The SMILES string of the molecule is CC1CCN(C(=O)C2(C)CCCNC2)C1.Cl. The Kier molecular flexibility index (Phi) is 4.62. The second kappa shape index (κ2) is 5.37. The van der Waals surface area contributed by atoms with E-state index >= 15 is 0 Å². The van der Waals surface area contributed by atoms with Gasteiger partial charge in [-0.15, -0.1) is 12.4 Å². The highest BCUT2D eigenvalue weighted by atomic mass is 35.5. The molecule has 2 unspecified atom stereocenters. The lowest BCUT2D eigenvalue weighted by atomic mass is 9.81. The van der Waals surface area contributed by atoms with E-state index < -0.39 is 0 Å². The fourth-order valence-corrected chi connectivity index (χ4v) is 2.74. The summed E-state index contributed by atoms with van der Waals surface area (Å²) in [7, 11) is 0. The van der Waals surface area contributed by atoms with Gasteiger partial charge in [-0.2, -0.15) is 0 Å². The van der Waals surface area contributed by atoms with Gasteiger partial charge in [0, 0.05) is 19.6 Å². The van der Waals surface area contributed by atoms with Gasteiger partial charge in [-0.05, 0) is 38.6 Å². The largest absolute Gasteiger partial charge is 0.342 e. The summed E-state index contributed by atoms with van der Waals surface area (Å²) in [5, 5.41) is 3.34. The number of nitrogens with one attached hydrogen (secondary N) is 1. The molecule has 0 aliphatic carbocycles. The standard InChI is InChI=1S/C12H22N2O.ClH/c1-10-4-7-14(8-10)11(15)12(2)5-3-6-13-9-12;/h10,13H,3-9H2,1-2H3;1H. The van der Waals surface area contributed by atoms with Crippen LogP contribution < -0.4 is 5.32 Å². The molecule has 2 saturated heterocycles. The lowest BCUT2D eigenvalue weighted by Gasteiger charge is -2.36. The molecule has 0 spiro atoms. The zero-order valence-electron chi connectivity index (χ0n) is 10.3. The zero-order chi connectivity index (χ0) is 10.9. The van der Waals surface area contributed by atoms with Crippen molar-refractivity contribution in [2.75, 3.05) is 26.2 Å². The van der Waals surface area contributed by atoms with Crippen molar-refractivity contribution in [3.63, 3.8) is 0 Å². The third-order valence-electron chi connectivity index (χ3n) is 3.82. The minimum atomic E-state index is -0.137. The van der Waals surface area contributed by atoms with E-state index in [1.165, 1.54) is 6.42 Å². The van der Waals surface area contributed by atoms with Gasteiger partial charge < -0.3 is 10.2 Å². The van der Waals surface area contributed by atoms with E-state index in [0.29, 0.717) is 11.8 Å². The van der Waals surface area contributed by atoms with Gasteiger partial charge in [-0.1, -0.05) is 6.92 Å². The Hall–Kier alpha value is -0.280. The van der Waals surface area contributed by atoms with Crippen LogP contribution in [0.5, 0.6) is 0 Å². The summed E-state index contributed by atoms with van der Waals surface area (Å²) in [5.41, 5.74) is -0.137. The fourth-order valence-electron chi connectivity index (χ4n) is 2.74. The van der Waals surface area contributed by atoms with Gasteiger partial charge in [0.2, 0.25) is 5.91 Å². The van der Waals surface area contributed by atoms with Gasteiger partial charge in [-0.25, -0.2) is 0 Å². The van der Waals surface area contributed by atoms with Gasteiger partial charge in [0.1, 0.15) is 0 Å². The number of hydrogen-bond acceptors (Lipinski definition) is 2. The number of nitrogens with zero attached hydrogens (tertiary/aromatic N) is 1. The quantitative estimate of drug-likeness (QED) is 0.764. The van der Waals surface area contributed by atoms with Crippen LogP contribution >= 0.6 is 12.4 Å². The van der Waals surface area contributed by atoms with Gasteiger partial charge in [0.25, 0.3) is 0 Å². The molecule has 4 heteroatoms. The van der Waals surface area contributed by atoms with Crippen molar-refractivity contribution in [1.82, 2.24) is 10.2 Å². The first kappa shape index (κ1) is 13.8. The number of amides is 1. The van der Waals surface area contributed by atoms with Crippen molar-refractivity contribution < 1.29 is 4.79 Å². The monoisotopic (exact) mass is 246 g/mol. The third-order valence-corrected chi connectivity index (χ3v) is 3.82. The molecule has 16 heavy (non-hydrogen) atoms. The minimum Gasteiger partial charge on any atom is -0.342 e. The number of piperidine rings is 1. The van der Waals surface area contributed by atoms with E-state index in [4.69, 9.17) is 0 Å². The van der Waals surface area contributed by atoms with Crippen LogP contribution in [0, 0.1) is 11.3 Å². The predicted molar refractivity (Wildman–Crippen MR) is 67.8 cm³/mol. The summed E-state index contributed by atoms with van der Waals surface area (Å²) < 4.78 is 0. The number of hydrogen-bond donors (Lipinski definition) is 1. The van der Waals surface area contributed by atoms with Crippen molar-refractivity contribution >= 4 is 18.3 Å². The summed E-state index contributed by atoms with van der Waals surface area (Å²) in [5.74, 6) is 1.06. The number of halogens is 1. The molecular formula is C12H23ClN2O. The highest BCUT2D eigenvalue weighted by Gasteiger charge is 2.39. The van der Waals surface area contributed by atoms with Gasteiger partial charge in [-0.3, -0.25) is 4.79 Å². The number of rotatable bonds is 1. The molecule has 0 aromatic heterocycles. The van der Waals surface area contributed by atoms with Crippen molar-refractivity contribution in [2.45, 2.75) is 33.1 Å². The average Bonchev–Trinajstić information content (AvgIpc) is 2.65. The molecule has 3 nitrogen and oxygen atoms in total. The molecular weight excluding hydrogens is 224 g/mol. The Morgan fingerprint density at radius 1 is 1.50 bits per heavy atom. The molecule has 2 aliphatic rings. The predicted octanol–water partition coefficient (Wildman–Crippen LogP) is 1.67. The van der Waals surface area contributed by atoms with Crippen LogP contribution in [0.1, 0.15) is 33.1 Å². The molecule has 94 valence electrons. The van der Waals surface area contributed by atoms with Crippen LogP contribution in [-0.4, -0.2) is 37.0 Å². The fraction of sp³-hybridized carbons (Fsp3) is 0.917. The van der Waals surface area contributed by atoms with E-state index in [1.54, 1.807) is 0 Å². The molecule has 1 amide bonds. The van der Waals surface area contributed by atoms with E-state index in [1.807, 2.05) is 0 Å². The van der Waals surface area contributed by atoms with Crippen LogP contribution in [0.25, 0.3) is 0 Å². The van der Waals surface area contributed by atoms with Crippen LogP contribution in [0.15, 0.2) is 0 Å². The lowest BCUT2D eigenvalue weighted by molar-refractivity contribution is -0.141. The van der Waals surface area contributed by atoms with Crippen LogP contribution in [0.2, 0.25) is 0 Å². The molecule has 0 aromatic rings. The molecule has 2 fully saturated rings. The first-order valence-electron chi connectivity index (χ1n) is 6.12. The minimum absolute atomic E-state index is 0. The van der Waals surface area contributed by atoms with Gasteiger partial charge in [0.05, 0.1) is 5.41 Å². The Bertz CT molecular complexity index is 251. The molecule has 1 N–H and O–H groups in total. The molecule has 2 atom stereocenters. The number of carbonyl (C=O) groups excluding carboxylic acids is 1. The second-order valence-electron chi connectivity index (χ2n) is 5.49. The summed E-state index contributed by atoms with van der Waals surface area (Å²) in [6.45, 7) is 8.21. The van der Waals surface area contributed by atoms with E-state index in [0.717, 1.165) is 39.0 Å². The Balaban J connectivity index is 0.00000128. The highest BCUT2D eigenvalue weighted by molar-refractivity contribution is 5.85. The topological polar surface area (TPSA) is 32.3 Å². The Morgan fingerprint density at radius 2 is 2.25 bits per heavy atom. The summed E-state index contributed by atoms with van der Waals surface area (Å²) in [4.78, 5) is 14.4. The number of likely N-dealkylation sites (tertiary alicyclic amines) is 1. The molecule has 2 aliphatic heterocycles. The highest BCUT2D eigenvalue weighted by Crippen LogP contribution is 2.30. The van der Waals surface area contributed by atoms with E-state index in [9.17, 15) is 4.79 Å². The second-order valence-corrected chi connectivity index (χ2v) is 5.49. The molecule has 2 rings (SSSR count). The van der Waals surface area contributed by atoms with Crippen LogP contribution in [0.4, 0.5) is 0 Å². The average molecular weight is 247 g/mol. The van der Waals surface area contributed by atoms with Gasteiger partial charge >= 0.3 is 0 Å². The van der Waals surface area contributed by atoms with Crippen molar-refractivity contribution in [3.05, 3.63) is 0 Å². The first-order valence-corrected chi connectivity index (χ1v) is 6.12. The Labute approximate surface area is 104 Å². The molecule has 2 heterocycles. The van der Waals surface area contributed by atoms with Crippen LogP contribution in [0.3, 0.4) is 0 Å². The van der Waals surface area contributed by atoms with E-state index in [2.05, 4.69) is 24.1 Å². The zero-order valence-corrected chi connectivity index (χ0v) is 11.1. The summed E-state index contributed by atoms with van der Waals surface area (Å²) >= 11 is 0. The molecule has 0 aromatic carbocycles. The molecule has 0 bridgehead atoms. The van der Waals surface area contributed by atoms with E-state index in [-0.39, 0.29) is 17.8 Å². The maximum Gasteiger partial charge on any atom is 0.229 e. The van der Waals surface area contributed by atoms with Crippen molar-refractivity contribution in [3.8, 4) is 0 Å². The van der Waals surface area contributed by atoms with Crippen molar-refractivity contribution in [1.29, 1.82) is 0 Å². The summed E-state index contributed by atoms with van der Waals surface area (Å²) in [6.07, 6.45) is 3.35. The maximum atomic E-state index is 12.4. The smallest absolute Gasteiger partial charge is 0.229 e. The molecule has 0 saturated carbocycles. The molecule has 0 radical (unpaired) electrons. The normalized spacial score (nSPS) is 34.6. The van der Waals surface area contributed by atoms with Gasteiger partial charge in [0.15, 0.2) is 0 Å². The van der Waals surface area contributed by atoms with Crippen LogP contribution in [-0.2, 0) is 4.79 Å². The third kappa shape index (κ3) is 2.69.